The average molecular weight is 414 g/mol. The number of aromatic nitrogens is 3. The Balaban J connectivity index is 1.52. The molecule has 1 amide bonds. The Kier molecular flexibility index (Phi) is 5.45. The first-order chi connectivity index (χ1) is 14.0. The maximum atomic E-state index is 11.9. The van der Waals surface area contributed by atoms with E-state index in [1.54, 1.807) is 18.4 Å². The smallest absolute Gasteiger partial charge is 0.222 e. The van der Waals surface area contributed by atoms with Crippen LogP contribution in [0.5, 0.6) is 5.75 Å². The molecule has 154 valence electrons. The van der Waals surface area contributed by atoms with Gasteiger partial charge in [0, 0.05) is 25.0 Å². The predicted octanol–water partition coefficient (Wildman–Crippen LogP) is 3.54. The third kappa shape index (κ3) is 3.94. The van der Waals surface area contributed by atoms with Gasteiger partial charge in [-0.1, -0.05) is 25.2 Å². The summed E-state index contributed by atoms with van der Waals surface area (Å²) in [5.41, 5.74) is 2.84. The van der Waals surface area contributed by atoms with Gasteiger partial charge in [0.2, 0.25) is 5.91 Å². The number of methoxy groups -OCH3 is 1. The standard InChI is InChI=1S/C21H27N5O2S/c1-13(2)20(27)22-15-9-11-25(12-10-15)21-23-19-18(29-21)14(3)24-26(19)16-5-7-17(28-4)8-6-16/h5-8,13,15H,9-12H2,1-4H3,(H,22,27). The molecule has 0 bridgehead atoms. The van der Waals surface area contributed by atoms with Crippen LogP contribution in [-0.4, -0.2) is 46.9 Å². The molecule has 8 heteroatoms. The van der Waals surface area contributed by atoms with Crippen LogP contribution in [0, 0.1) is 12.8 Å². The van der Waals surface area contributed by atoms with Crippen LogP contribution in [0.3, 0.4) is 0 Å². The number of nitrogens with zero attached hydrogens (tertiary/aromatic N) is 4. The van der Waals surface area contributed by atoms with Gasteiger partial charge in [-0.2, -0.15) is 10.1 Å². The molecule has 4 rings (SSSR count). The van der Waals surface area contributed by atoms with Crippen molar-refractivity contribution >= 4 is 32.7 Å². The van der Waals surface area contributed by atoms with Crippen LogP contribution < -0.4 is 15.0 Å². The molecule has 1 aliphatic rings. The molecule has 0 aliphatic carbocycles. The molecule has 29 heavy (non-hydrogen) atoms. The Hall–Kier alpha value is -2.61. The van der Waals surface area contributed by atoms with Gasteiger partial charge in [0.25, 0.3) is 0 Å². The average Bonchev–Trinajstić information content (AvgIpc) is 3.29. The van der Waals surface area contributed by atoms with E-state index in [0.29, 0.717) is 0 Å². The Morgan fingerprint density at radius 1 is 1.24 bits per heavy atom. The molecule has 0 unspecified atom stereocenters. The Morgan fingerprint density at radius 2 is 1.93 bits per heavy atom. The highest BCUT2D eigenvalue weighted by molar-refractivity contribution is 7.22. The van der Waals surface area contributed by atoms with E-state index in [1.165, 1.54) is 0 Å². The molecule has 0 atom stereocenters. The number of rotatable bonds is 5. The molecule has 1 aromatic carbocycles. The number of carbonyl (C=O) groups excluding carboxylic acids is 1. The van der Waals surface area contributed by atoms with E-state index >= 15 is 0 Å². The molecule has 3 heterocycles. The number of nitrogens with one attached hydrogen (secondary N) is 1. The molecule has 1 N–H and O–H groups in total. The maximum Gasteiger partial charge on any atom is 0.222 e. The summed E-state index contributed by atoms with van der Waals surface area (Å²) in [6.07, 6.45) is 1.88. The number of hydrogen-bond acceptors (Lipinski definition) is 6. The fraction of sp³-hybridized carbons (Fsp3) is 0.476. The minimum absolute atomic E-state index is 0.0289. The van der Waals surface area contributed by atoms with Crippen LogP contribution in [-0.2, 0) is 4.79 Å². The van der Waals surface area contributed by atoms with E-state index in [9.17, 15) is 4.79 Å². The number of thiazole rings is 1. The lowest BCUT2D eigenvalue weighted by Crippen LogP contribution is -2.45. The fourth-order valence-corrected chi connectivity index (χ4v) is 4.58. The first-order valence-electron chi connectivity index (χ1n) is 10.0. The van der Waals surface area contributed by atoms with Crippen molar-refractivity contribution in [2.75, 3.05) is 25.1 Å². The first kappa shape index (κ1) is 19.7. The van der Waals surface area contributed by atoms with Gasteiger partial charge in [0.1, 0.15) is 5.75 Å². The lowest BCUT2D eigenvalue weighted by Gasteiger charge is -2.32. The Bertz CT molecular complexity index is 1000. The Labute approximate surface area is 174 Å². The van der Waals surface area contributed by atoms with Gasteiger partial charge in [0.05, 0.1) is 23.2 Å². The van der Waals surface area contributed by atoms with Gasteiger partial charge in [-0.25, -0.2) is 4.68 Å². The SMILES string of the molecule is COc1ccc(-n2nc(C)c3sc(N4CCC(NC(=O)C(C)C)CC4)nc32)cc1. The van der Waals surface area contributed by atoms with Gasteiger partial charge in [-0.3, -0.25) is 4.79 Å². The lowest BCUT2D eigenvalue weighted by molar-refractivity contribution is -0.124. The molecule has 1 aliphatic heterocycles. The van der Waals surface area contributed by atoms with Crippen LogP contribution in [0.25, 0.3) is 16.0 Å². The van der Waals surface area contributed by atoms with E-state index in [4.69, 9.17) is 9.72 Å². The van der Waals surface area contributed by atoms with Gasteiger partial charge in [0.15, 0.2) is 10.8 Å². The molecule has 1 fully saturated rings. The normalized spacial score (nSPS) is 15.3. The van der Waals surface area contributed by atoms with E-state index < -0.39 is 0 Å². The van der Waals surface area contributed by atoms with Crippen molar-refractivity contribution in [1.29, 1.82) is 0 Å². The molecule has 0 radical (unpaired) electrons. The summed E-state index contributed by atoms with van der Waals surface area (Å²) in [5.74, 6) is 0.986. The third-order valence-electron chi connectivity index (χ3n) is 5.33. The van der Waals surface area contributed by atoms with Gasteiger partial charge >= 0.3 is 0 Å². The topological polar surface area (TPSA) is 72.3 Å². The van der Waals surface area contributed by atoms with Crippen molar-refractivity contribution in [2.45, 2.75) is 39.7 Å². The molecule has 7 nitrogen and oxygen atoms in total. The summed E-state index contributed by atoms with van der Waals surface area (Å²) in [5, 5.41) is 8.86. The highest BCUT2D eigenvalue weighted by Gasteiger charge is 2.25. The van der Waals surface area contributed by atoms with Crippen LogP contribution >= 0.6 is 11.3 Å². The molecular weight excluding hydrogens is 386 g/mol. The van der Waals surface area contributed by atoms with Crippen molar-refractivity contribution in [3.05, 3.63) is 30.0 Å². The largest absolute Gasteiger partial charge is 0.497 e. The minimum atomic E-state index is 0.0289. The second kappa shape index (κ2) is 8.02. The van der Waals surface area contributed by atoms with E-state index in [0.717, 1.165) is 58.5 Å². The molecular formula is C21H27N5O2S. The monoisotopic (exact) mass is 413 g/mol. The summed E-state index contributed by atoms with van der Waals surface area (Å²) < 4.78 is 8.27. The predicted molar refractivity (Wildman–Crippen MR) is 116 cm³/mol. The van der Waals surface area contributed by atoms with Crippen LogP contribution in [0.1, 0.15) is 32.4 Å². The number of aryl methyl sites for hydroxylation is 1. The number of piperidine rings is 1. The van der Waals surface area contributed by atoms with Crippen molar-refractivity contribution in [2.24, 2.45) is 5.92 Å². The van der Waals surface area contributed by atoms with Crippen molar-refractivity contribution in [3.63, 3.8) is 0 Å². The fourth-order valence-electron chi connectivity index (χ4n) is 3.54. The maximum absolute atomic E-state index is 11.9. The van der Waals surface area contributed by atoms with Crippen molar-refractivity contribution in [1.82, 2.24) is 20.1 Å². The molecule has 0 saturated carbocycles. The van der Waals surface area contributed by atoms with Crippen LogP contribution in [0.15, 0.2) is 24.3 Å². The van der Waals surface area contributed by atoms with Crippen LogP contribution in [0.4, 0.5) is 5.13 Å². The first-order valence-corrected chi connectivity index (χ1v) is 10.8. The minimum Gasteiger partial charge on any atom is -0.497 e. The molecule has 2 aromatic heterocycles. The quantitative estimate of drug-likeness (QED) is 0.693. The zero-order chi connectivity index (χ0) is 20.5. The highest BCUT2D eigenvalue weighted by atomic mass is 32.1. The highest BCUT2D eigenvalue weighted by Crippen LogP contribution is 2.34. The molecule has 3 aromatic rings. The van der Waals surface area contributed by atoms with Crippen molar-refractivity contribution < 1.29 is 9.53 Å². The van der Waals surface area contributed by atoms with E-state index in [2.05, 4.69) is 15.3 Å². The zero-order valence-corrected chi connectivity index (χ0v) is 18.1. The van der Waals surface area contributed by atoms with E-state index in [1.807, 2.05) is 49.7 Å². The Morgan fingerprint density at radius 3 is 2.55 bits per heavy atom. The second-order valence-electron chi connectivity index (χ2n) is 7.77. The number of amides is 1. The molecule has 1 saturated heterocycles. The number of benzene rings is 1. The van der Waals surface area contributed by atoms with Gasteiger partial charge in [-0.15, -0.1) is 0 Å². The molecule has 0 spiro atoms. The number of hydrogen-bond donors (Lipinski definition) is 1. The lowest BCUT2D eigenvalue weighted by atomic mass is 10.0. The third-order valence-corrected chi connectivity index (χ3v) is 6.54. The second-order valence-corrected chi connectivity index (χ2v) is 8.75. The number of carbonyl (C=O) groups is 1. The van der Waals surface area contributed by atoms with Gasteiger partial charge < -0.3 is 15.0 Å². The van der Waals surface area contributed by atoms with Crippen molar-refractivity contribution in [3.8, 4) is 11.4 Å². The summed E-state index contributed by atoms with van der Waals surface area (Å²) in [4.78, 5) is 19.2. The summed E-state index contributed by atoms with van der Waals surface area (Å²) in [7, 11) is 1.66. The number of anilines is 1. The van der Waals surface area contributed by atoms with E-state index in [-0.39, 0.29) is 17.9 Å². The number of ether oxygens (including phenoxy) is 1. The number of fused-ring (bicyclic) bond motifs is 1. The van der Waals surface area contributed by atoms with Crippen LogP contribution in [0.2, 0.25) is 0 Å². The summed E-state index contributed by atoms with van der Waals surface area (Å²) >= 11 is 1.69. The summed E-state index contributed by atoms with van der Waals surface area (Å²) in [6, 6.07) is 8.11. The summed E-state index contributed by atoms with van der Waals surface area (Å²) in [6.45, 7) is 7.68. The van der Waals surface area contributed by atoms with Gasteiger partial charge in [-0.05, 0) is 44.0 Å². The zero-order valence-electron chi connectivity index (χ0n) is 17.3.